The number of imidazole rings is 1. The Morgan fingerprint density at radius 1 is 1.11 bits per heavy atom. The quantitative estimate of drug-likeness (QED) is 0.173. The van der Waals surface area contributed by atoms with Crippen molar-refractivity contribution < 1.29 is 5.11 Å². The van der Waals surface area contributed by atoms with Gasteiger partial charge in [-0.2, -0.15) is 5.26 Å². The predicted octanol–water partition coefficient (Wildman–Crippen LogP) is 5.75. The molecule has 0 aliphatic carbocycles. The minimum atomic E-state index is -0.112. The number of allylic oxidation sites excluding steroid dienone is 1. The van der Waals surface area contributed by atoms with Crippen molar-refractivity contribution in [2.45, 2.75) is 12.1 Å². The highest BCUT2D eigenvalue weighted by Gasteiger charge is 2.20. The zero-order valence-corrected chi connectivity index (χ0v) is 20.0. The minimum Gasteiger partial charge on any atom is -0.510 e. The van der Waals surface area contributed by atoms with Gasteiger partial charge in [0.25, 0.3) is 0 Å². The number of aliphatic hydroxyl groups is 1. The number of thioether (sulfide) groups is 1. The Hall–Kier alpha value is -4.13. The van der Waals surface area contributed by atoms with Crippen molar-refractivity contribution in [2.24, 2.45) is 0 Å². The molecule has 0 fully saturated rings. The molecule has 3 aromatic heterocycles. The lowest BCUT2D eigenvalue weighted by Crippen LogP contribution is -2.03. The van der Waals surface area contributed by atoms with E-state index < -0.39 is 0 Å². The third-order valence-electron chi connectivity index (χ3n) is 5.42. The molecule has 0 saturated heterocycles. The first-order valence-electron chi connectivity index (χ1n) is 10.6. The maximum absolute atomic E-state index is 10.8. The standard InChI is InChI=1S/C25H18ClN7OS/c1-15-18(26)5-4-8-21(15)33-24(16-9-11-28-12-10-16)31-32-25(33)35-14-22(34)17(13-27)23-29-19-6-2-3-7-20(19)30-23/h2-12,34H,14H2,1H3,(H,29,30)/b22-17-. The third kappa shape index (κ3) is 4.37. The van der Waals surface area contributed by atoms with Gasteiger partial charge in [-0.05, 0) is 48.9 Å². The molecule has 2 N–H and O–H groups in total. The molecule has 3 heterocycles. The van der Waals surface area contributed by atoms with Crippen molar-refractivity contribution in [3.8, 4) is 23.1 Å². The van der Waals surface area contributed by atoms with Gasteiger partial charge in [0, 0.05) is 23.0 Å². The number of para-hydroxylation sites is 2. The second-order valence-electron chi connectivity index (χ2n) is 7.59. The van der Waals surface area contributed by atoms with E-state index in [-0.39, 0.29) is 17.1 Å². The Morgan fingerprint density at radius 3 is 2.69 bits per heavy atom. The molecule has 0 atom stereocenters. The molecule has 0 aliphatic heterocycles. The van der Waals surface area contributed by atoms with Gasteiger partial charge in [0.15, 0.2) is 16.8 Å². The summed E-state index contributed by atoms with van der Waals surface area (Å²) >= 11 is 7.66. The SMILES string of the molecule is Cc1c(Cl)cccc1-n1c(SC/C(O)=C(\C#N)c2nc3ccccc3[nH]2)nnc1-c1ccncc1. The number of fused-ring (bicyclic) bond motifs is 1. The van der Waals surface area contributed by atoms with Crippen LogP contribution in [-0.4, -0.2) is 40.6 Å². The molecule has 0 spiro atoms. The summed E-state index contributed by atoms with van der Waals surface area (Å²) in [6.45, 7) is 1.93. The molecule has 10 heteroatoms. The summed E-state index contributed by atoms with van der Waals surface area (Å²) in [5.41, 5.74) is 4.10. The van der Waals surface area contributed by atoms with Crippen molar-refractivity contribution in [3.63, 3.8) is 0 Å². The highest BCUT2D eigenvalue weighted by atomic mass is 35.5. The third-order valence-corrected chi connectivity index (χ3v) is 6.77. The number of nitrogens with one attached hydrogen (secondary N) is 1. The van der Waals surface area contributed by atoms with E-state index in [9.17, 15) is 10.4 Å². The molecule has 0 saturated carbocycles. The first-order chi connectivity index (χ1) is 17.1. The number of aromatic nitrogens is 6. The van der Waals surface area contributed by atoms with Crippen molar-refractivity contribution in [1.82, 2.24) is 29.7 Å². The zero-order chi connectivity index (χ0) is 24.4. The van der Waals surface area contributed by atoms with Gasteiger partial charge in [-0.3, -0.25) is 9.55 Å². The van der Waals surface area contributed by atoms with Crippen LogP contribution in [-0.2, 0) is 0 Å². The Kier molecular flexibility index (Phi) is 6.23. The van der Waals surface area contributed by atoms with Crippen LogP contribution in [0, 0.1) is 18.3 Å². The number of halogens is 1. The highest BCUT2D eigenvalue weighted by Crippen LogP contribution is 2.32. The van der Waals surface area contributed by atoms with E-state index >= 15 is 0 Å². The van der Waals surface area contributed by atoms with E-state index in [4.69, 9.17) is 11.6 Å². The molecule has 5 aromatic rings. The average Bonchev–Trinajstić information content (AvgIpc) is 3.49. The van der Waals surface area contributed by atoms with Gasteiger partial charge in [-0.25, -0.2) is 4.98 Å². The molecule has 5 rings (SSSR count). The molecule has 0 unspecified atom stereocenters. The normalized spacial score (nSPS) is 11.9. The molecule has 8 nitrogen and oxygen atoms in total. The maximum atomic E-state index is 10.8. The zero-order valence-electron chi connectivity index (χ0n) is 18.5. The van der Waals surface area contributed by atoms with Gasteiger partial charge in [-0.1, -0.05) is 41.6 Å². The fourth-order valence-corrected chi connectivity index (χ4v) is 4.63. The second kappa shape index (κ2) is 9.62. The molecule has 0 bridgehead atoms. The number of nitrogens with zero attached hydrogens (tertiary/aromatic N) is 6. The lowest BCUT2D eigenvalue weighted by atomic mass is 10.2. The average molecular weight is 500 g/mol. The van der Waals surface area contributed by atoms with Gasteiger partial charge in [-0.15, -0.1) is 10.2 Å². The van der Waals surface area contributed by atoms with E-state index in [0.717, 1.165) is 22.3 Å². The monoisotopic (exact) mass is 499 g/mol. The van der Waals surface area contributed by atoms with E-state index in [1.807, 2.05) is 66.1 Å². The molecular formula is C25H18ClN7OS. The van der Waals surface area contributed by atoms with Crippen molar-refractivity contribution in [1.29, 1.82) is 5.26 Å². The van der Waals surface area contributed by atoms with E-state index in [1.165, 1.54) is 11.8 Å². The fourth-order valence-electron chi connectivity index (χ4n) is 3.64. The van der Waals surface area contributed by atoms with Crippen molar-refractivity contribution in [3.05, 3.63) is 89.2 Å². The Labute approximate surface area is 210 Å². The first-order valence-corrected chi connectivity index (χ1v) is 11.9. The largest absolute Gasteiger partial charge is 0.510 e. The smallest absolute Gasteiger partial charge is 0.196 e. The van der Waals surface area contributed by atoms with Crippen LogP contribution in [0.3, 0.4) is 0 Å². The number of benzene rings is 2. The summed E-state index contributed by atoms with van der Waals surface area (Å²) < 4.78 is 1.89. The van der Waals surface area contributed by atoms with Crippen molar-refractivity contribution in [2.75, 3.05) is 5.75 Å². The van der Waals surface area contributed by atoms with Crippen molar-refractivity contribution >= 4 is 40.0 Å². The number of aliphatic hydroxyl groups excluding tert-OH is 1. The number of hydrogen-bond acceptors (Lipinski definition) is 7. The summed E-state index contributed by atoms with van der Waals surface area (Å²) in [5, 5.41) is 30.5. The van der Waals surface area contributed by atoms with E-state index in [0.29, 0.717) is 27.3 Å². The summed E-state index contributed by atoms with van der Waals surface area (Å²) in [4.78, 5) is 11.6. The molecule has 0 radical (unpaired) electrons. The van der Waals surface area contributed by atoms with Crippen LogP contribution in [0.15, 0.2) is 77.9 Å². The highest BCUT2D eigenvalue weighted by molar-refractivity contribution is 7.99. The second-order valence-corrected chi connectivity index (χ2v) is 8.94. The van der Waals surface area contributed by atoms with Gasteiger partial charge < -0.3 is 10.1 Å². The van der Waals surface area contributed by atoms with Gasteiger partial charge in [0.05, 0.1) is 22.5 Å². The first kappa shape index (κ1) is 22.7. The fraction of sp³-hybridized carbons (Fsp3) is 0.0800. The number of H-pyrrole nitrogens is 1. The molecular weight excluding hydrogens is 482 g/mol. The van der Waals surface area contributed by atoms with Crippen LogP contribution >= 0.6 is 23.4 Å². The maximum Gasteiger partial charge on any atom is 0.196 e. The molecule has 2 aromatic carbocycles. The van der Waals surface area contributed by atoms with Crippen LogP contribution in [0.2, 0.25) is 5.02 Å². The summed E-state index contributed by atoms with van der Waals surface area (Å²) in [7, 11) is 0. The van der Waals surface area contributed by atoms with Crippen LogP contribution in [0.5, 0.6) is 0 Å². The molecule has 0 amide bonds. The predicted molar refractivity (Wildman–Crippen MR) is 136 cm³/mol. The van der Waals surface area contributed by atoms with E-state index in [1.54, 1.807) is 12.4 Å². The summed E-state index contributed by atoms with van der Waals surface area (Å²) in [6, 6.07) is 18.8. The Bertz CT molecular complexity index is 1570. The van der Waals surface area contributed by atoms with Crippen LogP contribution < -0.4 is 0 Å². The number of hydrogen-bond donors (Lipinski definition) is 2. The molecule has 35 heavy (non-hydrogen) atoms. The van der Waals surface area contributed by atoms with E-state index in [2.05, 4.69) is 31.2 Å². The van der Waals surface area contributed by atoms with Gasteiger partial charge in [0.2, 0.25) is 0 Å². The summed E-state index contributed by atoms with van der Waals surface area (Å²) in [5.74, 6) is 0.908. The minimum absolute atomic E-state index is 0.0769. The number of nitriles is 1. The van der Waals surface area contributed by atoms with Gasteiger partial charge >= 0.3 is 0 Å². The Balaban J connectivity index is 1.53. The topological polar surface area (TPSA) is 116 Å². The number of aromatic amines is 1. The lowest BCUT2D eigenvalue weighted by molar-refractivity contribution is 0.420. The number of rotatable bonds is 6. The number of pyridine rings is 1. The van der Waals surface area contributed by atoms with Crippen LogP contribution in [0.25, 0.3) is 33.7 Å². The molecule has 0 aliphatic rings. The summed E-state index contributed by atoms with van der Waals surface area (Å²) in [6.07, 6.45) is 3.38. The molecule has 172 valence electrons. The van der Waals surface area contributed by atoms with Crippen LogP contribution in [0.4, 0.5) is 0 Å². The lowest BCUT2D eigenvalue weighted by Gasteiger charge is -2.14. The Morgan fingerprint density at radius 2 is 1.91 bits per heavy atom. The van der Waals surface area contributed by atoms with Gasteiger partial charge in [0.1, 0.15) is 17.4 Å². The van der Waals surface area contributed by atoms with Crippen LogP contribution in [0.1, 0.15) is 11.4 Å².